The van der Waals surface area contributed by atoms with Gasteiger partial charge in [-0.2, -0.15) is 4.39 Å². The molecule has 2 N–H and O–H groups in total. The van der Waals surface area contributed by atoms with Crippen LogP contribution in [0.2, 0.25) is 0 Å². The van der Waals surface area contributed by atoms with Crippen LogP contribution in [0, 0.1) is 15.9 Å². The lowest BCUT2D eigenvalue weighted by atomic mass is 10.0. The largest absolute Gasteiger partial charge is 0.457 e. The van der Waals surface area contributed by atoms with E-state index in [1.165, 1.54) is 6.07 Å². The SMILES string of the molecule is CC[C@@H](N)c1ccccc1Oc1ccc([N+](=O)[O-])c(F)c1. The standard InChI is InChI=1S/C15H15FN2O3/c1-2-13(17)11-5-3-4-6-15(11)21-10-7-8-14(18(19)20)12(16)9-10/h3-9,13H,2,17H2,1H3/t13-/m1/s1. The highest BCUT2D eigenvalue weighted by molar-refractivity contribution is 5.43. The minimum absolute atomic E-state index is 0.189. The average Bonchev–Trinajstić information content (AvgIpc) is 2.46. The Kier molecular flexibility index (Phi) is 4.49. The van der Waals surface area contributed by atoms with Gasteiger partial charge < -0.3 is 10.5 Å². The Morgan fingerprint density at radius 2 is 2.05 bits per heavy atom. The fourth-order valence-corrected chi connectivity index (χ4v) is 1.93. The van der Waals surface area contributed by atoms with Crippen molar-refractivity contribution < 1.29 is 14.1 Å². The van der Waals surface area contributed by atoms with E-state index in [1.807, 2.05) is 19.1 Å². The van der Waals surface area contributed by atoms with Crippen molar-refractivity contribution in [2.75, 3.05) is 0 Å². The number of hydrogen-bond acceptors (Lipinski definition) is 4. The summed E-state index contributed by atoms with van der Waals surface area (Å²) in [6.07, 6.45) is 0.731. The van der Waals surface area contributed by atoms with Crippen molar-refractivity contribution in [3.8, 4) is 11.5 Å². The fourth-order valence-electron chi connectivity index (χ4n) is 1.93. The van der Waals surface area contributed by atoms with Crippen LogP contribution < -0.4 is 10.5 Å². The molecule has 0 spiro atoms. The smallest absolute Gasteiger partial charge is 0.305 e. The van der Waals surface area contributed by atoms with Crippen LogP contribution >= 0.6 is 0 Å². The normalized spacial score (nSPS) is 12.0. The molecular formula is C15H15FN2O3. The van der Waals surface area contributed by atoms with Crippen LogP contribution in [0.4, 0.5) is 10.1 Å². The van der Waals surface area contributed by atoms with Gasteiger partial charge in [-0.25, -0.2) is 0 Å². The van der Waals surface area contributed by atoms with E-state index in [0.29, 0.717) is 5.75 Å². The number of benzene rings is 2. The number of hydrogen-bond donors (Lipinski definition) is 1. The molecule has 0 aliphatic rings. The van der Waals surface area contributed by atoms with Gasteiger partial charge in [0.2, 0.25) is 5.82 Å². The monoisotopic (exact) mass is 290 g/mol. The number of halogens is 1. The third-order valence-electron chi connectivity index (χ3n) is 3.10. The molecule has 5 nitrogen and oxygen atoms in total. The van der Waals surface area contributed by atoms with Gasteiger partial charge in [0.25, 0.3) is 0 Å². The van der Waals surface area contributed by atoms with Gasteiger partial charge in [-0.1, -0.05) is 25.1 Å². The van der Waals surface area contributed by atoms with E-state index in [-0.39, 0.29) is 11.8 Å². The van der Waals surface area contributed by atoms with Crippen LogP contribution in [0.25, 0.3) is 0 Å². The number of nitrogens with zero attached hydrogens (tertiary/aromatic N) is 1. The summed E-state index contributed by atoms with van der Waals surface area (Å²) in [7, 11) is 0. The zero-order chi connectivity index (χ0) is 15.4. The Hall–Kier alpha value is -2.47. The van der Waals surface area contributed by atoms with E-state index in [0.717, 1.165) is 24.1 Å². The van der Waals surface area contributed by atoms with Crippen molar-refractivity contribution in [3.05, 3.63) is 64.0 Å². The minimum Gasteiger partial charge on any atom is -0.457 e. The summed E-state index contributed by atoms with van der Waals surface area (Å²) >= 11 is 0. The third-order valence-corrected chi connectivity index (χ3v) is 3.10. The Labute approximate surface area is 121 Å². The Morgan fingerprint density at radius 3 is 2.67 bits per heavy atom. The van der Waals surface area contributed by atoms with Crippen LogP contribution in [0.15, 0.2) is 42.5 Å². The first-order chi connectivity index (χ1) is 10.0. The molecule has 0 aliphatic carbocycles. The molecule has 0 heterocycles. The second kappa shape index (κ2) is 6.32. The van der Waals surface area contributed by atoms with E-state index in [9.17, 15) is 14.5 Å². The number of ether oxygens (including phenoxy) is 1. The van der Waals surface area contributed by atoms with Crippen molar-refractivity contribution >= 4 is 5.69 Å². The summed E-state index contributed by atoms with van der Waals surface area (Å²) in [6, 6.07) is 10.4. The zero-order valence-corrected chi connectivity index (χ0v) is 11.5. The van der Waals surface area contributed by atoms with Gasteiger partial charge in [-0.15, -0.1) is 0 Å². The lowest BCUT2D eigenvalue weighted by molar-refractivity contribution is -0.387. The number of nitro benzene ring substituents is 1. The lowest BCUT2D eigenvalue weighted by Gasteiger charge is -2.15. The van der Waals surface area contributed by atoms with Gasteiger partial charge in [0.1, 0.15) is 11.5 Å². The summed E-state index contributed by atoms with van der Waals surface area (Å²) in [5.41, 5.74) is 6.22. The van der Waals surface area contributed by atoms with Gasteiger partial charge in [-0.3, -0.25) is 10.1 Å². The molecular weight excluding hydrogens is 275 g/mol. The zero-order valence-electron chi connectivity index (χ0n) is 11.5. The van der Waals surface area contributed by atoms with Crippen molar-refractivity contribution in [1.82, 2.24) is 0 Å². The van der Waals surface area contributed by atoms with Gasteiger partial charge in [0, 0.05) is 23.7 Å². The fraction of sp³-hybridized carbons (Fsp3) is 0.200. The highest BCUT2D eigenvalue weighted by Gasteiger charge is 2.16. The third kappa shape index (κ3) is 3.35. The number of para-hydroxylation sites is 1. The van der Waals surface area contributed by atoms with Crippen LogP contribution in [0.3, 0.4) is 0 Å². The molecule has 0 unspecified atom stereocenters. The molecule has 21 heavy (non-hydrogen) atoms. The summed E-state index contributed by atoms with van der Waals surface area (Å²) in [4.78, 5) is 9.80. The van der Waals surface area contributed by atoms with E-state index in [1.54, 1.807) is 12.1 Å². The maximum atomic E-state index is 13.6. The maximum absolute atomic E-state index is 13.6. The molecule has 6 heteroatoms. The van der Waals surface area contributed by atoms with Gasteiger partial charge in [0.05, 0.1) is 4.92 Å². The maximum Gasteiger partial charge on any atom is 0.305 e. The Bertz CT molecular complexity index is 661. The quantitative estimate of drug-likeness (QED) is 0.668. The van der Waals surface area contributed by atoms with Crippen molar-refractivity contribution in [1.29, 1.82) is 0 Å². The summed E-state index contributed by atoms with van der Waals surface area (Å²) in [6.45, 7) is 1.95. The molecule has 110 valence electrons. The molecule has 0 fully saturated rings. The van der Waals surface area contributed by atoms with Crippen LogP contribution in [-0.4, -0.2) is 4.92 Å². The predicted octanol–water partition coefficient (Wildman–Crippen LogP) is 3.94. The summed E-state index contributed by atoms with van der Waals surface area (Å²) in [5, 5.41) is 10.6. The van der Waals surface area contributed by atoms with E-state index >= 15 is 0 Å². The van der Waals surface area contributed by atoms with Gasteiger partial charge >= 0.3 is 5.69 Å². The summed E-state index contributed by atoms with van der Waals surface area (Å²) < 4.78 is 19.2. The van der Waals surface area contributed by atoms with Crippen LogP contribution in [0.5, 0.6) is 11.5 Å². The van der Waals surface area contributed by atoms with Crippen molar-refractivity contribution in [2.45, 2.75) is 19.4 Å². The lowest BCUT2D eigenvalue weighted by Crippen LogP contribution is -2.09. The molecule has 1 atom stereocenters. The van der Waals surface area contributed by atoms with Gasteiger partial charge in [0.15, 0.2) is 0 Å². The molecule has 0 aliphatic heterocycles. The molecule has 0 saturated heterocycles. The molecule has 2 aromatic rings. The summed E-state index contributed by atoms with van der Waals surface area (Å²) in [5.74, 6) is -0.233. The predicted molar refractivity (Wildman–Crippen MR) is 76.8 cm³/mol. The molecule has 0 amide bonds. The Morgan fingerprint density at radius 1 is 1.33 bits per heavy atom. The molecule has 2 rings (SSSR count). The number of nitro groups is 1. The van der Waals surface area contributed by atoms with E-state index < -0.39 is 16.4 Å². The Balaban J connectivity index is 2.31. The molecule has 0 saturated carbocycles. The van der Waals surface area contributed by atoms with E-state index in [4.69, 9.17) is 10.5 Å². The minimum atomic E-state index is -0.935. The second-order valence-electron chi connectivity index (χ2n) is 4.52. The highest BCUT2D eigenvalue weighted by atomic mass is 19.1. The topological polar surface area (TPSA) is 78.4 Å². The number of rotatable bonds is 5. The highest BCUT2D eigenvalue weighted by Crippen LogP contribution is 2.31. The molecule has 2 aromatic carbocycles. The average molecular weight is 290 g/mol. The first-order valence-electron chi connectivity index (χ1n) is 6.49. The first-order valence-corrected chi connectivity index (χ1v) is 6.49. The second-order valence-corrected chi connectivity index (χ2v) is 4.52. The van der Waals surface area contributed by atoms with Crippen molar-refractivity contribution in [2.24, 2.45) is 5.73 Å². The molecule has 0 radical (unpaired) electrons. The van der Waals surface area contributed by atoms with Crippen molar-refractivity contribution in [3.63, 3.8) is 0 Å². The van der Waals surface area contributed by atoms with Gasteiger partial charge in [-0.05, 0) is 18.6 Å². The molecule has 0 aromatic heterocycles. The molecule has 0 bridgehead atoms. The van der Waals surface area contributed by atoms with Crippen LogP contribution in [-0.2, 0) is 0 Å². The van der Waals surface area contributed by atoms with Crippen LogP contribution in [0.1, 0.15) is 24.9 Å². The first kappa shape index (κ1) is 14.9. The number of nitrogens with two attached hydrogens (primary N) is 1. The van der Waals surface area contributed by atoms with E-state index in [2.05, 4.69) is 0 Å².